The zero-order chi connectivity index (χ0) is 15.9. The van der Waals surface area contributed by atoms with Crippen molar-refractivity contribution in [2.24, 2.45) is 5.92 Å². The van der Waals surface area contributed by atoms with Gasteiger partial charge in [-0.1, -0.05) is 6.07 Å². The standard InChI is InChI=1S/C16H19F3N2O/c1-11-2-5-13(16(17,18)19)10-14(11)20-6-8-21(9-7-20)15(22)12-3-4-12/h2,5,10,12H,3-4,6-9H2,1H3. The van der Waals surface area contributed by atoms with Crippen LogP contribution in [-0.2, 0) is 11.0 Å². The fourth-order valence-corrected chi connectivity index (χ4v) is 2.88. The number of benzene rings is 1. The van der Waals surface area contributed by atoms with E-state index in [0.717, 1.165) is 24.5 Å². The molecule has 1 aromatic carbocycles. The first-order valence-electron chi connectivity index (χ1n) is 7.58. The molecule has 6 heteroatoms. The maximum Gasteiger partial charge on any atom is 0.416 e. The number of anilines is 1. The van der Waals surface area contributed by atoms with Crippen molar-refractivity contribution in [3.05, 3.63) is 29.3 Å². The summed E-state index contributed by atoms with van der Waals surface area (Å²) in [6.07, 6.45) is -2.37. The second-order valence-electron chi connectivity index (χ2n) is 6.09. The second-order valence-corrected chi connectivity index (χ2v) is 6.09. The maximum atomic E-state index is 12.9. The highest BCUT2D eigenvalue weighted by atomic mass is 19.4. The van der Waals surface area contributed by atoms with Crippen LogP contribution in [0.2, 0.25) is 0 Å². The Hall–Kier alpha value is -1.72. The van der Waals surface area contributed by atoms with Crippen molar-refractivity contribution in [2.75, 3.05) is 31.1 Å². The molecular formula is C16H19F3N2O. The van der Waals surface area contributed by atoms with Crippen LogP contribution in [0.5, 0.6) is 0 Å². The molecule has 1 aliphatic carbocycles. The van der Waals surface area contributed by atoms with Crippen molar-refractivity contribution in [2.45, 2.75) is 25.9 Å². The van der Waals surface area contributed by atoms with E-state index in [-0.39, 0.29) is 11.8 Å². The number of aryl methyl sites for hydroxylation is 1. The lowest BCUT2D eigenvalue weighted by Crippen LogP contribution is -2.49. The molecule has 2 aliphatic rings. The van der Waals surface area contributed by atoms with Crippen LogP contribution in [0.1, 0.15) is 24.0 Å². The molecule has 0 unspecified atom stereocenters. The number of nitrogens with zero attached hydrogens (tertiary/aromatic N) is 2. The average Bonchev–Trinajstić information content (AvgIpc) is 3.31. The number of halogens is 3. The third-order valence-electron chi connectivity index (χ3n) is 4.40. The van der Waals surface area contributed by atoms with Crippen molar-refractivity contribution in [1.82, 2.24) is 4.90 Å². The Kier molecular flexibility index (Phi) is 3.78. The summed E-state index contributed by atoms with van der Waals surface area (Å²) in [5.74, 6) is 0.405. The van der Waals surface area contributed by atoms with E-state index in [1.54, 1.807) is 0 Å². The van der Waals surface area contributed by atoms with E-state index in [2.05, 4.69) is 0 Å². The predicted octanol–water partition coefficient (Wildman–Crippen LogP) is 3.07. The van der Waals surface area contributed by atoms with Crippen LogP contribution >= 0.6 is 0 Å². The Balaban J connectivity index is 1.71. The molecule has 1 heterocycles. The predicted molar refractivity (Wildman–Crippen MR) is 77.7 cm³/mol. The topological polar surface area (TPSA) is 23.6 Å². The molecule has 120 valence electrons. The van der Waals surface area contributed by atoms with Crippen LogP contribution in [0, 0.1) is 12.8 Å². The van der Waals surface area contributed by atoms with Gasteiger partial charge in [0.25, 0.3) is 0 Å². The number of amides is 1. The second kappa shape index (κ2) is 5.48. The van der Waals surface area contributed by atoms with Gasteiger partial charge < -0.3 is 9.80 Å². The lowest BCUT2D eigenvalue weighted by molar-refractivity contribution is -0.137. The molecule has 0 atom stereocenters. The van der Waals surface area contributed by atoms with E-state index in [0.29, 0.717) is 31.9 Å². The highest BCUT2D eigenvalue weighted by Crippen LogP contribution is 2.34. The number of alkyl halides is 3. The van der Waals surface area contributed by atoms with E-state index in [1.165, 1.54) is 12.1 Å². The first kappa shape index (κ1) is 15.2. The molecule has 3 rings (SSSR count). The van der Waals surface area contributed by atoms with E-state index in [9.17, 15) is 18.0 Å². The lowest BCUT2D eigenvalue weighted by Gasteiger charge is -2.37. The first-order valence-corrected chi connectivity index (χ1v) is 7.58. The molecule has 1 aliphatic heterocycles. The van der Waals surface area contributed by atoms with Crippen LogP contribution in [0.25, 0.3) is 0 Å². The Morgan fingerprint density at radius 3 is 2.32 bits per heavy atom. The van der Waals surface area contributed by atoms with Crippen LogP contribution < -0.4 is 4.90 Å². The number of piperazine rings is 1. The Morgan fingerprint density at radius 2 is 1.77 bits per heavy atom. The molecule has 1 saturated carbocycles. The number of hydrogen-bond acceptors (Lipinski definition) is 2. The fraction of sp³-hybridized carbons (Fsp3) is 0.562. The van der Waals surface area contributed by atoms with Gasteiger partial charge in [-0.3, -0.25) is 4.79 Å². The molecule has 22 heavy (non-hydrogen) atoms. The van der Waals surface area contributed by atoms with Crippen molar-refractivity contribution in [3.8, 4) is 0 Å². The van der Waals surface area contributed by atoms with Gasteiger partial charge in [-0.15, -0.1) is 0 Å². The molecule has 3 nitrogen and oxygen atoms in total. The third-order valence-corrected chi connectivity index (χ3v) is 4.40. The largest absolute Gasteiger partial charge is 0.416 e. The van der Waals surface area contributed by atoms with E-state index in [1.807, 2.05) is 16.7 Å². The van der Waals surface area contributed by atoms with E-state index in [4.69, 9.17) is 0 Å². The summed E-state index contributed by atoms with van der Waals surface area (Å²) in [7, 11) is 0. The normalized spacial score (nSPS) is 19.5. The zero-order valence-electron chi connectivity index (χ0n) is 12.5. The Labute approximate surface area is 127 Å². The fourth-order valence-electron chi connectivity index (χ4n) is 2.88. The van der Waals surface area contributed by atoms with Gasteiger partial charge >= 0.3 is 6.18 Å². The van der Waals surface area contributed by atoms with Crippen LogP contribution in [0.15, 0.2) is 18.2 Å². The molecule has 0 spiro atoms. The Bertz CT molecular complexity index is 573. The van der Waals surface area contributed by atoms with E-state index >= 15 is 0 Å². The average molecular weight is 312 g/mol. The van der Waals surface area contributed by atoms with Crippen molar-refractivity contribution in [3.63, 3.8) is 0 Å². The van der Waals surface area contributed by atoms with Crippen LogP contribution in [-0.4, -0.2) is 37.0 Å². The summed E-state index contributed by atoms with van der Waals surface area (Å²) in [6.45, 7) is 4.16. The molecule has 1 saturated heterocycles. The van der Waals surface area contributed by atoms with Gasteiger partial charge in [0.2, 0.25) is 5.91 Å². The van der Waals surface area contributed by atoms with Gasteiger partial charge in [0.05, 0.1) is 5.56 Å². The summed E-state index contributed by atoms with van der Waals surface area (Å²) in [5.41, 5.74) is 0.827. The molecule has 0 radical (unpaired) electrons. The van der Waals surface area contributed by atoms with Gasteiger partial charge in [-0.2, -0.15) is 13.2 Å². The van der Waals surface area contributed by atoms with Gasteiger partial charge in [0.1, 0.15) is 0 Å². The number of carbonyl (C=O) groups is 1. The smallest absolute Gasteiger partial charge is 0.368 e. The molecule has 2 fully saturated rings. The highest BCUT2D eigenvalue weighted by molar-refractivity contribution is 5.81. The minimum atomic E-state index is -4.33. The minimum absolute atomic E-state index is 0.196. The van der Waals surface area contributed by atoms with Crippen LogP contribution in [0.3, 0.4) is 0 Å². The van der Waals surface area contributed by atoms with Gasteiger partial charge in [0, 0.05) is 37.8 Å². The van der Waals surface area contributed by atoms with Gasteiger partial charge in [0.15, 0.2) is 0 Å². The number of carbonyl (C=O) groups excluding carboxylic acids is 1. The molecule has 0 bridgehead atoms. The number of hydrogen-bond donors (Lipinski definition) is 0. The first-order chi connectivity index (χ1) is 10.4. The van der Waals surface area contributed by atoms with Crippen LogP contribution in [0.4, 0.5) is 18.9 Å². The van der Waals surface area contributed by atoms with Crippen molar-refractivity contribution in [1.29, 1.82) is 0 Å². The molecule has 1 amide bonds. The maximum absolute atomic E-state index is 12.9. The van der Waals surface area contributed by atoms with Gasteiger partial charge in [-0.05, 0) is 37.5 Å². The number of rotatable bonds is 2. The lowest BCUT2D eigenvalue weighted by atomic mass is 10.1. The summed E-state index contributed by atoms with van der Waals surface area (Å²) >= 11 is 0. The third kappa shape index (κ3) is 3.05. The molecule has 1 aromatic rings. The summed E-state index contributed by atoms with van der Waals surface area (Å²) in [4.78, 5) is 15.8. The highest BCUT2D eigenvalue weighted by Gasteiger charge is 2.35. The van der Waals surface area contributed by atoms with Crippen molar-refractivity contribution < 1.29 is 18.0 Å². The van der Waals surface area contributed by atoms with Crippen molar-refractivity contribution >= 4 is 11.6 Å². The monoisotopic (exact) mass is 312 g/mol. The minimum Gasteiger partial charge on any atom is -0.368 e. The molecule has 0 N–H and O–H groups in total. The summed E-state index contributed by atoms with van der Waals surface area (Å²) < 4.78 is 38.6. The molecular weight excluding hydrogens is 293 g/mol. The molecule has 0 aromatic heterocycles. The quantitative estimate of drug-likeness (QED) is 0.838. The SMILES string of the molecule is Cc1ccc(C(F)(F)F)cc1N1CCN(C(=O)C2CC2)CC1. The Morgan fingerprint density at radius 1 is 1.14 bits per heavy atom. The summed E-state index contributed by atoms with van der Waals surface area (Å²) in [5, 5.41) is 0. The zero-order valence-corrected chi connectivity index (χ0v) is 12.5. The summed E-state index contributed by atoms with van der Waals surface area (Å²) in [6, 6.07) is 3.85. The van der Waals surface area contributed by atoms with Gasteiger partial charge in [-0.25, -0.2) is 0 Å². The van der Waals surface area contributed by atoms with E-state index < -0.39 is 11.7 Å².